The molecule has 0 radical (unpaired) electrons. The summed E-state index contributed by atoms with van der Waals surface area (Å²) >= 11 is 12.7. The fourth-order valence-corrected chi connectivity index (χ4v) is 8.10. The second-order valence-electron chi connectivity index (χ2n) is 12.3. The van der Waals surface area contributed by atoms with Crippen LogP contribution in [0.25, 0.3) is 43.1 Å². The number of benzene rings is 7. The number of imide groups is 2. The molecule has 232 valence electrons. The normalized spacial score (nSPS) is 14.5. The lowest BCUT2D eigenvalue weighted by molar-refractivity contribution is 0.0597. The standard InChI is InChI=1S/C40H24Cl2N2O4/c41-31-7-3-1-5-21(31)17-19-43-37(45)27-13-9-23-25-11-15-29-36-30(40(48)44(39(29)47)20-18-22-6-2-4-8-32(22)42)16-12-26(34(25)36)24-10-14-28(38(43)46)35(27)33(23)24/h1-16H,17-20H2. The Labute approximate surface area is 284 Å². The molecule has 48 heavy (non-hydrogen) atoms. The van der Waals surface area contributed by atoms with Gasteiger partial charge in [-0.3, -0.25) is 29.0 Å². The van der Waals surface area contributed by atoms with Gasteiger partial charge in [-0.1, -0.05) is 83.9 Å². The predicted molar refractivity (Wildman–Crippen MR) is 189 cm³/mol. The molecule has 9 rings (SSSR count). The molecule has 8 heteroatoms. The minimum atomic E-state index is -0.340. The SMILES string of the molecule is O=C1c2ccc3c4ccc5c6c(ccc(c7ccc(c2c37)C(=O)N1CCc1ccccc1Cl)c64)C(=O)N(CCc1ccccc1Cl)C5=O. The molecule has 7 aromatic carbocycles. The molecule has 0 saturated carbocycles. The van der Waals surface area contributed by atoms with Gasteiger partial charge >= 0.3 is 0 Å². The van der Waals surface area contributed by atoms with Crippen molar-refractivity contribution in [1.82, 2.24) is 9.80 Å². The van der Waals surface area contributed by atoms with E-state index in [9.17, 15) is 19.2 Å². The highest BCUT2D eigenvalue weighted by atomic mass is 35.5. The number of carbonyl (C=O) groups is 4. The van der Waals surface area contributed by atoms with E-state index in [-0.39, 0.29) is 36.7 Å². The van der Waals surface area contributed by atoms with E-state index >= 15 is 0 Å². The molecule has 0 unspecified atom stereocenters. The van der Waals surface area contributed by atoms with Gasteiger partial charge in [-0.05, 0) is 92.7 Å². The first-order valence-corrected chi connectivity index (χ1v) is 16.5. The van der Waals surface area contributed by atoms with E-state index in [4.69, 9.17) is 23.2 Å². The highest BCUT2D eigenvalue weighted by Gasteiger charge is 2.36. The predicted octanol–water partition coefficient (Wildman–Crippen LogP) is 8.72. The largest absolute Gasteiger partial charge is 0.274 e. The smallest absolute Gasteiger partial charge is 0.261 e. The number of amides is 4. The van der Waals surface area contributed by atoms with Crippen LogP contribution in [0.1, 0.15) is 52.6 Å². The molecule has 0 atom stereocenters. The summed E-state index contributed by atoms with van der Waals surface area (Å²) in [5, 5.41) is 7.52. The van der Waals surface area contributed by atoms with Crippen molar-refractivity contribution in [2.45, 2.75) is 12.8 Å². The Morgan fingerprint density at radius 2 is 0.708 bits per heavy atom. The molecule has 0 bridgehead atoms. The fraction of sp³-hybridized carbons (Fsp3) is 0.100. The monoisotopic (exact) mass is 666 g/mol. The summed E-state index contributed by atoms with van der Waals surface area (Å²) in [6.45, 7) is 0.411. The molecular formula is C40H24Cl2N2O4. The van der Waals surface area contributed by atoms with Crippen molar-refractivity contribution in [1.29, 1.82) is 0 Å². The average Bonchev–Trinajstić information content (AvgIpc) is 3.10. The third-order valence-corrected chi connectivity index (χ3v) is 10.7. The highest BCUT2D eigenvalue weighted by molar-refractivity contribution is 6.41. The molecule has 0 N–H and O–H groups in total. The maximum Gasteiger partial charge on any atom is 0.261 e. The minimum absolute atomic E-state index is 0.205. The van der Waals surface area contributed by atoms with Crippen molar-refractivity contribution < 1.29 is 19.2 Å². The van der Waals surface area contributed by atoms with Gasteiger partial charge in [0.15, 0.2) is 0 Å². The van der Waals surface area contributed by atoms with Gasteiger partial charge in [0.05, 0.1) is 0 Å². The number of halogens is 2. The molecular weight excluding hydrogens is 643 g/mol. The van der Waals surface area contributed by atoms with Gasteiger partial charge in [0.1, 0.15) is 0 Å². The number of hydrogen-bond acceptors (Lipinski definition) is 4. The van der Waals surface area contributed by atoms with Crippen molar-refractivity contribution in [2.24, 2.45) is 0 Å². The third kappa shape index (κ3) is 4.00. The summed E-state index contributed by atoms with van der Waals surface area (Å²) < 4.78 is 0. The first-order valence-electron chi connectivity index (χ1n) is 15.7. The molecule has 0 fully saturated rings. The third-order valence-electron chi connectivity index (χ3n) is 9.93. The Morgan fingerprint density at radius 1 is 0.396 bits per heavy atom. The van der Waals surface area contributed by atoms with Crippen molar-refractivity contribution in [3.8, 4) is 0 Å². The summed E-state index contributed by atoms with van der Waals surface area (Å²) in [6, 6.07) is 29.7. The number of carbonyl (C=O) groups excluding carboxylic acids is 4. The molecule has 0 aromatic heterocycles. The van der Waals surface area contributed by atoms with E-state index in [2.05, 4.69) is 0 Å². The van der Waals surface area contributed by atoms with Gasteiger partial charge in [-0.15, -0.1) is 0 Å². The van der Waals surface area contributed by atoms with E-state index in [0.29, 0.717) is 55.9 Å². The number of hydrogen-bond donors (Lipinski definition) is 0. The van der Waals surface area contributed by atoms with Crippen molar-refractivity contribution >= 4 is 89.9 Å². The summed E-state index contributed by atoms with van der Waals surface area (Å²) in [7, 11) is 0. The molecule has 2 aliphatic heterocycles. The number of rotatable bonds is 6. The molecule has 2 heterocycles. The quantitative estimate of drug-likeness (QED) is 0.101. The van der Waals surface area contributed by atoms with Crippen LogP contribution in [0.5, 0.6) is 0 Å². The maximum atomic E-state index is 13.9. The summed E-state index contributed by atoms with van der Waals surface area (Å²) in [4.78, 5) is 58.1. The zero-order chi connectivity index (χ0) is 32.8. The Bertz CT molecular complexity index is 2300. The maximum absolute atomic E-state index is 13.9. The topological polar surface area (TPSA) is 74.8 Å². The Morgan fingerprint density at radius 3 is 1.02 bits per heavy atom. The van der Waals surface area contributed by atoms with E-state index in [1.165, 1.54) is 9.80 Å². The summed E-state index contributed by atoms with van der Waals surface area (Å²) in [5.41, 5.74) is 3.62. The first kappa shape index (κ1) is 28.9. The molecule has 4 amide bonds. The molecule has 0 spiro atoms. The highest BCUT2D eigenvalue weighted by Crippen LogP contribution is 2.46. The lowest BCUT2D eigenvalue weighted by Crippen LogP contribution is -2.41. The van der Waals surface area contributed by atoms with Crippen molar-refractivity contribution in [3.05, 3.63) is 140 Å². The number of nitrogens with zero attached hydrogens (tertiary/aromatic N) is 2. The second kappa shape index (κ2) is 10.6. The Hall–Kier alpha value is -5.30. The fourth-order valence-electron chi connectivity index (χ4n) is 7.64. The van der Waals surface area contributed by atoms with Gasteiger partial charge < -0.3 is 0 Å². The summed E-state index contributed by atoms with van der Waals surface area (Å²) in [6.07, 6.45) is 0.890. The van der Waals surface area contributed by atoms with Crippen LogP contribution in [-0.4, -0.2) is 46.5 Å². The minimum Gasteiger partial charge on any atom is -0.274 e. The van der Waals surface area contributed by atoms with Crippen LogP contribution >= 0.6 is 23.2 Å². The van der Waals surface area contributed by atoms with Crippen LogP contribution in [-0.2, 0) is 12.8 Å². The zero-order valence-corrected chi connectivity index (χ0v) is 26.9. The van der Waals surface area contributed by atoms with Gasteiger partial charge in [0, 0.05) is 56.2 Å². The molecule has 6 nitrogen and oxygen atoms in total. The Balaban J connectivity index is 1.16. The van der Waals surface area contributed by atoms with E-state index in [1.54, 1.807) is 36.4 Å². The summed E-state index contributed by atoms with van der Waals surface area (Å²) in [5.74, 6) is -1.36. The van der Waals surface area contributed by atoms with E-state index in [0.717, 1.165) is 43.4 Å². The number of fused-ring (bicyclic) bond motifs is 2. The molecule has 0 aliphatic carbocycles. The zero-order valence-electron chi connectivity index (χ0n) is 25.3. The van der Waals surface area contributed by atoms with E-state index < -0.39 is 0 Å². The van der Waals surface area contributed by atoms with Gasteiger partial charge in [0.25, 0.3) is 23.6 Å². The Kier molecular flexibility index (Phi) is 6.38. The van der Waals surface area contributed by atoms with Gasteiger partial charge in [-0.25, -0.2) is 0 Å². The average molecular weight is 668 g/mol. The molecule has 2 aliphatic rings. The second-order valence-corrected chi connectivity index (χ2v) is 13.2. The molecule has 7 aromatic rings. The van der Waals surface area contributed by atoms with Crippen LogP contribution in [0, 0.1) is 0 Å². The molecule has 0 saturated heterocycles. The van der Waals surface area contributed by atoms with Crippen LogP contribution < -0.4 is 0 Å². The lowest BCUT2D eigenvalue weighted by atomic mass is 9.82. The first-order chi connectivity index (χ1) is 23.3. The van der Waals surface area contributed by atoms with Gasteiger partial charge in [0.2, 0.25) is 0 Å². The van der Waals surface area contributed by atoms with Crippen molar-refractivity contribution in [3.63, 3.8) is 0 Å². The lowest BCUT2D eigenvalue weighted by Gasteiger charge is -2.30. The van der Waals surface area contributed by atoms with Crippen LogP contribution in [0.2, 0.25) is 10.0 Å². The van der Waals surface area contributed by atoms with Crippen molar-refractivity contribution in [2.75, 3.05) is 13.1 Å². The van der Waals surface area contributed by atoms with E-state index in [1.807, 2.05) is 60.7 Å². The van der Waals surface area contributed by atoms with Crippen LogP contribution in [0.4, 0.5) is 0 Å². The van der Waals surface area contributed by atoms with Crippen LogP contribution in [0.15, 0.2) is 97.1 Å². The van der Waals surface area contributed by atoms with Gasteiger partial charge in [-0.2, -0.15) is 0 Å². The van der Waals surface area contributed by atoms with Crippen LogP contribution in [0.3, 0.4) is 0 Å².